The van der Waals surface area contributed by atoms with Gasteiger partial charge in [-0.1, -0.05) is 12.1 Å². The van der Waals surface area contributed by atoms with Crippen LogP contribution >= 0.6 is 0 Å². The number of benzene rings is 1. The average Bonchev–Trinajstić information content (AvgIpc) is 2.59. The minimum atomic E-state index is -0.189. The fourth-order valence-electron chi connectivity index (χ4n) is 2.27. The van der Waals surface area contributed by atoms with Crippen LogP contribution in [-0.4, -0.2) is 21.7 Å². The molecule has 0 fully saturated rings. The molecule has 0 unspecified atom stereocenters. The molecule has 0 aliphatic carbocycles. The van der Waals surface area contributed by atoms with Crippen LogP contribution in [0, 0.1) is 19.7 Å². The lowest BCUT2D eigenvalue weighted by Crippen LogP contribution is -2.18. The number of hydrogen-bond acceptors (Lipinski definition) is 2. The van der Waals surface area contributed by atoms with Crippen molar-refractivity contribution in [1.82, 2.24) is 14.7 Å². The van der Waals surface area contributed by atoms with Crippen LogP contribution in [0.25, 0.3) is 0 Å². The van der Waals surface area contributed by atoms with Crippen LogP contribution in [0.3, 0.4) is 0 Å². The van der Waals surface area contributed by atoms with Gasteiger partial charge in [-0.05, 0) is 38.6 Å². The first-order chi connectivity index (χ1) is 8.97. The SMILES string of the molecule is Cc1nn(C)c(C)c1CN(C)Cc1ccc(F)cc1. The Labute approximate surface area is 113 Å². The number of halogens is 1. The van der Waals surface area contributed by atoms with E-state index in [2.05, 4.69) is 24.0 Å². The third-order valence-corrected chi connectivity index (χ3v) is 3.45. The molecule has 0 atom stereocenters. The summed E-state index contributed by atoms with van der Waals surface area (Å²) in [7, 11) is 4.03. The van der Waals surface area contributed by atoms with E-state index >= 15 is 0 Å². The number of hydrogen-bond donors (Lipinski definition) is 0. The smallest absolute Gasteiger partial charge is 0.123 e. The average molecular weight is 261 g/mol. The molecular weight excluding hydrogens is 241 g/mol. The van der Waals surface area contributed by atoms with E-state index in [1.165, 1.54) is 23.4 Å². The van der Waals surface area contributed by atoms with Gasteiger partial charge in [-0.3, -0.25) is 9.58 Å². The molecule has 0 radical (unpaired) electrons. The van der Waals surface area contributed by atoms with Crippen molar-refractivity contribution in [3.63, 3.8) is 0 Å². The summed E-state index contributed by atoms with van der Waals surface area (Å²) in [6.45, 7) is 5.77. The maximum atomic E-state index is 12.9. The highest BCUT2D eigenvalue weighted by Crippen LogP contribution is 2.15. The predicted octanol–water partition coefficient (Wildman–Crippen LogP) is 2.81. The molecule has 0 bridgehead atoms. The first-order valence-electron chi connectivity index (χ1n) is 6.39. The number of aryl methyl sites for hydroxylation is 2. The highest BCUT2D eigenvalue weighted by Gasteiger charge is 2.11. The second-order valence-electron chi connectivity index (χ2n) is 5.07. The van der Waals surface area contributed by atoms with Crippen LogP contribution in [0.2, 0.25) is 0 Å². The van der Waals surface area contributed by atoms with E-state index < -0.39 is 0 Å². The van der Waals surface area contributed by atoms with Crippen molar-refractivity contribution in [2.75, 3.05) is 7.05 Å². The normalized spacial score (nSPS) is 11.3. The second kappa shape index (κ2) is 5.53. The minimum absolute atomic E-state index is 0.189. The summed E-state index contributed by atoms with van der Waals surface area (Å²) < 4.78 is 14.8. The fourth-order valence-corrected chi connectivity index (χ4v) is 2.27. The molecule has 2 rings (SSSR count). The molecule has 0 saturated carbocycles. The molecule has 2 aromatic rings. The van der Waals surface area contributed by atoms with E-state index in [0.717, 1.165) is 24.3 Å². The molecule has 1 heterocycles. The quantitative estimate of drug-likeness (QED) is 0.844. The highest BCUT2D eigenvalue weighted by atomic mass is 19.1. The van der Waals surface area contributed by atoms with E-state index in [-0.39, 0.29) is 5.82 Å². The molecule has 0 spiro atoms. The maximum absolute atomic E-state index is 12.9. The third kappa shape index (κ3) is 3.20. The Morgan fingerprint density at radius 2 is 1.79 bits per heavy atom. The Kier molecular flexibility index (Phi) is 4.00. The number of rotatable bonds is 4. The maximum Gasteiger partial charge on any atom is 0.123 e. The lowest BCUT2D eigenvalue weighted by molar-refractivity contribution is 0.317. The number of nitrogens with zero attached hydrogens (tertiary/aromatic N) is 3. The van der Waals surface area contributed by atoms with Crippen molar-refractivity contribution in [2.24, 2.45) is 7.05 Å². The van der Waals surface area contributed by atoms with E-state index in [1.807, 2.05) is 30.8 Å². The molecule has 0 aliphatic rings. The van der Waals surface area contributed by atoms with E-state index in [4.69, 9.17) is 0 Å². The van der Waals surface area contributed by atoms with Gasteiger partial charge in [-0.15, -0.1) is 0 Å². The molecule has 4 heteroatoms. The zero-order valence-corrected chi connectivity index (χ0v) is 11.9. The van der Waals surface area contributed by atoms with Crippen molar-refractivity contribution in [2.45, 2.75) is 26.9 Å². The fraction of sp³-hybridized carbons (Fsp3) is 0.400. The summed E-state index contributed by atoms with van der Waals surface area (Å²) in [6, 6.07) is 6.66. The van der Waals surface area contributed by atoms with E-state index in [1.54, 1.807) is 0 Å². The Balaban J connectivity index is 2.05. The molecule has 102 valence electrons. The zero-order valence-electron chi connectivity index (χ0n) is 11.9. The van der Waals surface area contributed by atoms with Gasteiger partial charge in [0.1, 0.15) is 5.82 Å². The van der Waals surface area contributed by atoms with Crippen molar-refractivity contribution in [1.29, 1.82) is 0 Å². The van der Waals surface area contributed by atoms with Gasteiger partial charge in [0.2, 0.25) is 0 Å². The predicted molar refractivity (Wildman–Crippen MR) is 74.3 cm³/mol. The van der Waals surface area contributed by atoms with Crippen LogP contribution in [0.15, 0.2) is 24.3 Å². The highest BCUT2D eigenvalue weighted by molar-refractivity contribution is 5.24. The van der Waals surface area contributed by atoms with Gasteiger partial charge in [-0.2, -0.15) is 5.10 Å². The molecule has 0 aliphatic heterocycles. The summed E-state index contributed by atoms with van der Waals surface area (Å²) in [5.41, 5.74) is 4.66. The summed E-state index contributed by atoms with van der Waals surface area (Å²) in [5, 5.41) is 4.42. The summed E-state index contributed by atoms with van der Waals surface area (Å²) in [4.78, 5) is 2.21. The summed E-state index contributed by atoms with van der Waals surface area (Å²) in [5.74, 6) is -0.189. The third-order valence-electron chi connectivity index (χ3n) is 3.45. The van der Waals surface area contributed by atoms with Gasteiger partial charge in [0, 0.05) is 31.4 Å². The Morgan fingerprint density at radius 1 is 1.16 bits per heavy atom. The van der Waals surface area contributed by atoms with Crippen molar-refractivity contribution in [3.8, 4) is 0 Å². The van der Waals surface area contributed by atoms with Crippen molar-refractivity contribution >= 4 is 0 Å². The number of aromatic nitrogens is 2. The topological polar surface area (TPSA) is 21.1 Å². The first-order valence-corrected chi connectivity index (χ1v) is 6.39. The Morgan fingerprint density at radius 3 is 2.32 bits per heavy atom. The lowest BCUT2D eigenvalue weighted by atomic mass is 10.1. The molecule has 0 saturated heterocycles. The summed E-state index contributed by atoms with van der Waals surface area (Å²) >= 11 is 0. The molecule has 0 N–H and O–H groups in total. The van der Waals surface area contributed by atoms with Crippen molar-refractivity contribution in [3.05, 3.63) is 52.6 Å². The Hall–Kier alpha value is -1.68. The zero-order chi connectivity index (χ0) is 14.0. The molecule has 0 amide bonds. The van der Waals surface area contributed by atoms with E-state index in [0.29, 0.717) is 0 Å². The van der Waals surface area contributed by atoms with Gasteiger partial charge in [0.05, 0.1) is 5.69 Å². The van der Waals surface area contributed by atoms with Gasteiger partial charge in [0.25, 0.3) is 0 Å². The van der Waals surface area contributed by atoms with Gasteiger partial charge >= 0.3 is 0 Å². The molecule has 1 aromatic carbocycles. The van der Waals surface area contributed by atoms with E-state index in [9.17, 15) is 4.39 Å². The van der Waals surface area contributed by atoms with Gasteiger partial charge < -0.3 is 0 Å². The van der Waals surface area contributed by atoms with Crippen LogP contribution < -0.4 is 0 Å². The summed E-state index contributed by atoms with van der Waals surface area (Å²) in [6.07, 6.45) is 0. The van der Waals surface area contributed by atoms with Crippen LogP contribution in [0.1, 0.15) is 22.5 Å². The lowest BCUT2D eigenvalue weighted by Gasteiger charge is -2.17. The van der Waals surface area contributed by atoms with Crippen LogP contribution in [0.5, 0.6) is 0 Å². The monoisotopic (exact) mass is 261 g/mol. The molecular formula is C15H20FN3. The molecule has 19 heavy (non-hydrogen) atoms. The van der Waals surface area contributed by atoms with Crippen LogP contribution in [-0.2, 0) is 20.1 Å². The molecule has 1 aromatic heterocycles. The van der Waals surface area contributed by atoms with Gasteiger partial charge in [0.15, 0.2) is 0 Å². The first kappa shape index (κ1) is 13.7. The molecule has 3 nitrogen and oxygen atoms in total. The van der Waals surface area contributed by atoms with Crippen molar-refractivity contribution < 1.29 is 4.39 Å². The Bertz CT molecular complexity index is 558. The standard InChI is InChI=1S/C15H20FN3/c1-11-15(12(2)19(4)17-11)10-18(3)9-13-5-7-14(16)8-6-13/h5-8H,9-10H2,1-4H3. The second-order valence-corrected chi connectivity index (χ2v) is 5.07. The minimum Gasteiger partial charge on any atom is -0.298 e. The van der Waals surface area contributed by atoms with Crippen LogP contribution in [0.4, 0.5) is 4.39 Å². The van der Waals surface area contributed by atoms with Gasteiger partial charge in [-0.25, -0.2) is 4.39 Å². The largest absolute Gasteiger partial charge is 0.298 e.